The second kappa shape index (κ2) is 9.26. The molecule has 1 aliphatic heterocycles. The molecule has 132 valence electrons. The van der Waals surface area contributed by atoms with Crippen molar-refractivity contribution in [1.29, 1.82) is 0 Å². The molecule has 0 radical (unpaired) electrons. The van der Waals surface area contributed by atoms with Crippen LogP contribution in [0.4, 0.5) is 4.79 Å². The van der Waals surface area contributed by atoms with E-state index in [9.17, 15) is 4.79 Å². The van der Waals surface area contributed by atoms with Crippen LogP contribution in [-0.4, -0.2) is 24.0 Å². The van der Waals surface area contributed by atoms with Gasteiger partial charge in [0.1, 0.15) is 0 Å². The van der Waals surface area contributed by atoms with Gasteiger partial charge in [-0.05, 0) is 49.7 Å². The summed E-state index contributed by atoms with van der Waals surface area (Å²) in [6.07, 6.45) is 6.56. The Morgan fingerprint density at radius 3 is 2.44 bits per heavy atom. The van der Waals surface area contributed by atoms with E-state index in [1.54, 1.807) is 0 Å². The van der Waals surface area contributed by atoms with Crippen LogP contribution < -0.4 is 5.32 Å². The van der Waals surface area contributed by atoms with Crippen molar-refractivity contribution < 1.29 is 4.79 Å². The van der Waals surface area contributed by atoms with Gasteiger partial charge in [0, 0.05) is 13.1 Å². The van der Waals surface area contributed by atoms with E-state index in [1.807, 2.05) is 17.0 Å². The highest BCUT2D eigenvalue weighted by molar-refractivity contribution is 5.74. The number of hydrogen-bond acceptors (Lipinski definition) is 1. The summed E-state index contributed by atoms with van der Waals surface area (Å²) in [7, 11) is 0. The average Bonchev–Trinajstić information content (AvgIpc) is 2.69. The molecular weight excluding hydrogens is 308 g/mol. The van der Waals surface area contributed by atoms with Crippen molar-refractivity contribution in [2.24, 2.45) is 0 Å². The third kappa shape index (κ3) is 5.09. The lowest BCUT2D eigenvalue weighted by Crippen LogP contribution is -2.44. The molecule has 25 heavy (non-hydrogen) atoms. The van der Waals surface area contributed by atoms with E-state index in [0.717, 1.165) is 45.2 Å². The number of nitrogens with one attached hydrogen (secondary N) is 1. The highest BCUT2D eigenvalue weighted by atomic mass is 16.2. The molecule has 0 saturated carbocycles. The average molecular weight is 336 g/mol. The highest BCUT2D eigenvalue weighted by Crippen LogP contribution is 2.30. The minimum atomic E-state index is 0.0910. The molecule has 2 amide bonds. The Morgan fingerprint density at radius 2 is 1.68 bits per heavy atom. The number of likely N-dealkylation sites (tertiary alicyclic amines) is 1. The SMILES string of the molecule is O=C(NCCCCc1ccccc1)N1CCCCC1c1ccccc1. The molecule has 1 atom stereocenters. The summed E-state index contributed by atoms with van der Waals surface area (Å²) in [5.41, 5.74) is 2.62. The molecule has 2 aromatic carbocycles. The van der Waals surface area contributed by atoms with Crippen molar-refractivity contribution in [2.45, 2.75) is 44.6 Å². The molecule has 1 N–H and O–H groups in total. The number of urea groups is 1. The van der Waals surface area contributed by atoms with Crippen molar-refractivity contribution >= 4 is 6.03 Å². The molecule has 1 unspecified atom stereocenters. The zero-order valence-electron chi connectivity index (χ0n) is 14.9. The number of unbranched alkanes of at least 4 members (excludes halogenated alkanes) is 1. The van der Waals surface area contributed by atoms with Crippen molar-refractivity contribution in [3.8, 4) is 0 Å². The van der Waals surface area contributed by atoms with E-state index in [4.69, 9.17) is 0 Å². The number of benzene rings is 2. The predicted molar refractivity (Wildman–Crippen MR) is 103 cm³/mol. The number of amides is 2. The Hall–Kier alpha value is -2.29. The van der Waals surface area contributed by atoms with E-state index in [-0.39, 0.29) is 12.1 Å². The van der Waals surface area contributed by atoms with E-state index in [1.165, 1.54) is 17.5 Å². The summed E-state index contributed by atoms with van der Waals surface area (Å²) in [5, 5.41) is 3.13. The van der Waals surface area contributed by atoms with Gasteiger partial charge in [-0.1, -0.05) is 60.7 Å². The molecule has 3 nitrogen and oxygen atoms in total. The topological polar surface area (TPSA) is 32.3 Å². The zero-order chi connectivity index (χ0) is 17.3. The van der Waals surface area contributed by atoms with Gasteiger partial charge in [0.15, 0.2) is 0 Å². The van der Waals surface area contributed by atoms with Crippen LogP contribution in [0.25, 0.3) is 0 Å². The number of piperidine rings is 1. The first-order chi connectivity index (χ1) is 12.3. The fourth-order valence-corrected chi connectivity index (χ4v) is 3.59. The van der Waals surface area contributed by atoms with Gasteiger partial charge in [0.05, 0.1) is 6.04 Å². The lowest BCUT2D eigenvalue weighted by Gasteiger charge is -2.36. The molecule has 0 aliphatic carbocycles. The minimum absolute atomic E-state index is 0.0910. The molecule has 0 spiro atoms. The van der Waals surface area contributed by atoms with Crippen molar-refractivity contribution in [2.75, 3.05) is 13.1 Å². The minimum Gasteiger partial charge on any atom is -0.338 e. The molecule has 1 fully saturated rings. The van der Waals surface area contributed by atoms with E-state index >= 15 is 0 Å². The molecule has 0 aromatic heterocycles. The molecule has 0 bridgehead atoms. The Kier molecular flexibility index (Phi) is 6.49. The van der Waals surface area contributed by atoms with Gasteiger partial charge in [-0.15, -0.1) is 0 Å². The quantitative estimate of drug-likeness (QED) is 0.744. The van der Waals surface area contributed by atoms with Gasteiger partial charge in [0.25, 0.3) is 0 Å². The van der Waals surface area contributed by atoms with Gasteiger partial charge < -0.3 is 10.2 Å². The molecule has 1 heterocycles. The van der Waals surface area contributed by atoms with Crippen LogP contribution in [0.3, 0.4) is 0 Å². The molecular formula is C22H28N2O. The van der Waals surface area contributed by atoms with E-state index in [0.29, 0.717) is 0 Å². The van der Waals surface area contributed by atoms with Crippen LogP contribution in [0.1, 0.15) is 49.3 Å². The van der Waals surface area contributed by atoms with Gasteiger partial charge in [-0.3, -0.25) is 0 Å². The van der Waals surface area contributed by atoms with Gasteiger partial charge in [0.2, 0.25) is 0 Å². The molecule has 3 heteroatoms. The Balaban J connectivity index is 1.45. The summed E-state index contributed by atoms with van der Waals surface area (Å²) >= 11 is 0. The maximum atomic E-state index is 12.6. The van der Waals surface area contributed by atoms with Gasteiger partial charge in [-0.25, -0.2) is 4.79 Å². The van der Waals surface area contributed by atoms with Crippen LogP contribution in [0.2, 0.25) is 0 Å². The predicted octanol–water partition coefficient (Wildman–Crippen LogP) is 4.95. The van der Waals surface area contributed by atoms with Crippen LogP contribution in [0, 0.1) is 0 Å². The van der Waals surface area contributed by atoms with Gasteiger partial charge >= 0.3 is 6.03 Å². The molecule has 1 saturated heterocycles. The van der Waals surface area contributed by atoms with Crippen LogP contribution in [0.5, 0.6) is 0 Å². The normalized spacial score (nSPS) is 17.3. The Bertz CT molecular complexity index is 642. The fourth-order valence-electron chi connectivity index (χ4n) is 3.59. The number of hydrogen-bond donors (Lipinski definition) is 1. The Labute approximate surface area is 151 Å². The first kappa shape index (κ1) is 17.5. The number of carbonyl (C=O) groups is 1. The first-order valence-electron chi connectivity index (χ1n) is 9.48. The van der Waals surface area contributed by atoms with Crippen LogP contribution in [-0.2, 0) is 6.42 Å². The van der Waals surface area contributed by atoms with Gasteiger partial charge in [-0.2, -0.15) is 0 Å². The van der Waals surface area contributed by atoms with Crippen molar-refractivity contribution in [1.82, 2.24) is 10.2 Å². The zero-order valence-corrected chi connectivity index (χ0v) is 14.9. The monoisotopic (exact) mass is 336 g/mol. The second-order valence-corrected chi connectivity index (χ2v) is 6.79. The van der Waals surface area contributed by atoms with E-state index < -0.39 is 0 Å². The Morgan fingerprint density at radius 1 is 0.960 bits per heavy atom. The lowest BCUT2D eigenvalue weighted by atomic mass is 9.95. The summed E-state index contributed by atoms with van der Waals surface area (Å²) in [6, 6.07) is 21.3. The highest BCUT2D eigenvalue weighted by Gasteiger charge is 2.27. The maximum absolute atomic E-state index is 12.6. The number of carbonyl (C=O) groups excluding carboxylic acids is 1. The largest absolute Gasteiger partial charge is 0.338 e. The maximum Gasteiger partial charge on any atom is 0.317 e. The first-order valence-corrected chi connectivity index (χ1v) is 9.48. The summed E-state index contributed by atoms with van der Waals surface area (Å²) in [4.78, 5) is 14.7. The fraction of sp³-hybridized carbons (Fsp3) is 0.409. The summed E-state index contributed by atoms with van der Waals surface area (Å²) in [5.74, 6) is 0. The molecule has 3 rings (SSSR count). The number of rotatable bonds is 6. The summed E-state index contributed by atoms with van der Waals surface area (Å²) < 4.78 is 0. The van der Waals surface area contributed by atoms with Crippen molar-refractivity contribution in [3.63, 3.8) is 0 Å². The number of nitrogens with zero attached hydrogens (tertiary/aromatic N) is 1. The third-order valence-corrected chi connectivity index (χ3v) is 4.96. The van der Waals surface area contributed by atoms with Crippen LogP contribution in [0.15, 0.2) is 60.7 Å². The van der Waals surface area contributed by atoms with E-state index in [2.05, 4.69) is 53.8 Å². The molecule has 1 aliphatic rings. The number of aryl methyl sites for hydroxylation is 1. The summed E-state index contributed by atoms with van der Waals surface area (Å²) in [6.45, 7) is 1.61. The van der Waals surface area contributed by atoms with Crippen molar-refractivity contribution in [3.05, 3.63) is 71.8 Å². The smallest absolute Gasteiger partial charge is 0.317 e. The lowest BCUT2D eigenvalue weighted by molar-refractivity contribution is 0.151. The van der Waals surface area contributed by atoms with Crippen LogP contribution >= 0.6 is 0 Å². The third-order valence-electron chi connectivity index (χ3n) is 4.96. The molecule has 2 aromatic rings. The standard InChI is InChI=1S/C22H28N2O/c25-22(23-17-9-7-13-19-11-3-1-4-12-19)24-18-10-8-16-21(24)20-14-5-2-6-15-20/h1-6,11-12,14-15,21H,7-10,13,16-18H2,(H,23,25). The second-order valence-electron chi connectivity index (χ2n) is 6.79.